The van der Waals surface area contributed by atoms with Crippen LogP contribution in [0.15, 0.2) is 28.7 Å². The molecule has 130 valence electrons. The molecule has 0 saturated carbocycles. The molecule has 25 heavy (non-hydrogen) atoms. The van der Waals surface area contributed by atoms with E-state index in [1.807, 2.05) is 6.07 Å². The van der Waals surface area contributed by atoms with Crippen LogP contribution in [0, 0.1) is 23.1 Å². The zero-order valence-electron chi connectivity index (χ0n) is 13.3. The Balaban J connectivity index is 1.69. The molecule has 1 aromatic heterocycles. The van der Waals surface area contributed by atoms with Crippen molar-refractivity contribution in [2.45, 2.75) is 19.4 Å². The van der Waals surface area contributed by atoms with Crippen molar-refractivity contribution in [3.8, 4) is 11.8 Å². The van der Waals surface area contributed by atoms with Gasteiger partial charge < -0.3 is 19.2 Å². The van der Waals surface area contributed by atoms with Crippen molar-refractivity contribution < 1.29 is 23.4 Å². The summed E-state index contributed by atoms with van der Waals surface area (Å²) >= 11 is 0. The Morgan fingerprint density at radius 1 is 1.44 bits per heavy atom. The summed E-state index contributed by atoms with van der Waals surface area (Å²) < 4.78 is 24.5. The molecule has 1 fully saturated rings. The number of carboxylic acids is 1. The second-order valence-corrected chi connectivity index (χ2v) is 5.69. The molecule has 0 unspecified atom stereocenters. The van der Waals surface area contributed by atoms with Gasteiger partial charge in [0.05, 0.1) is 5.92 Å². The number of carboxylic acid groups (broad SMARTS) is 1. The number of benzene rings is 1. The molecule has 1 N–H and O–H groups in total. The third-order valence-corrected chi connectivity index (χ3v) is 4.08. The first-order valence-corrected chi connectivity index (χ1v) is 7.83. The lowest BCUT2D eigenvalue weighted by molar-refractivity contribution is -0.142. The minimum atomic E-state index is -0.809. The highest BCUT2D eigenvalue weighted by molar-refractivity contribution is 5.70. The van der Waals surface area contributed by atoms with E-state index in [1.165, 1.54) is 12.1 Å². The molecule has 1 aliphatic rings. The summed E-state index contributed by atoms with van der Waals surface area (Å²) in [6, 6.07) is 7.93. The molecule has 0 aliphatic carbocycles. The van der Waals surface area contributed by atoms with Crippen LogP contribution in [0.4, 0.5) is 10.3 Å². The van der Waals surface area contributed by atoms with Gasteiger partial charge in [0.2, 0.25) is 17.5 Å². The number of carbonyl (C=O) groups is 1. The Morgan fingerprint density at radius 2 is 2.16 bits per heavy atom. The van der Waals surface area contributed by atoms with Crippen LogP contribution < -0.4 is 9.64 Å². The van der Waals surface area contributed by atoms with E-state index in [0.29, 0.717) is 31.8 Å². The molecule has 0 atom stereocenters. The van der Waals surface area contributed by atoms with Crippen LogP contribution in [0.2, 0.25) is 0 Å². The molecule has 1 saturated heterocycles. The van der Waals surface area contributed by atoms with E-state index < -0.39 is 11.8 Å². The number of nitriles is 1. The van der Waals surface area contributed by atoms with Gasteiger partial charge in [0, 0.05) is 13.1 Å². The smallest absolute Gasteiger partial charge is 0.306 e. The van der Waals surface area contributed by atoms with Crippen molar-refractivity contribution in [3.05, 3.63) is 41.7 Å². The lowest BCUT2D eigenvalue weighted by Crippen LogP contribution is -2.36. The molecule has 0 spiro atoms. The minimum Gasteiger partial charge on any atom is -0.481 e. The van der Waals surface area contributed by atoms with Crippen LogP contribution in [0.3, 0.4) is 0 Å². The van der Waals surface area contributed by atoms with E-state index >= 15 is 0 Å². The van der Waals surface area contributed by atoms with Crippen molar-refractivity contribution in [3.63, 3.8) is 0 Å². The summed E-state index contributed by atoms with van der Waals surface area (Å²) in [6.45, 7) is 0.824. The summed E-state index contributed by atoms with van der Waals surface area (Å²) in [7, 11) is 0. The largest absolute Gasteiger partial charge is 0.481 e. The van der Waals surface area contributed by atoms with Crippen LogP contribution in [0.25, 0.3) is 0 Å². The topological polar surface area (TPSA) is 99.6 Å². The Hall–Kier alpha value is -3.08. The number of aliphatic carboxylic acids is 1. The van der Waals surface area contributed by atoms with Crippen molar-refractivity contribution in [1.82, 2.24) is 4.98 Å². The SMILES string of the molecule is N#Cc1nc(COc2ccccc2F)oc1N1CCC(C(=O)O)CC1. The highest BCUT2D eigenvalue weighted by Gasteiger charge is 2.28. The first-order valence-electron chi connectivity index (χ1n) is 7.83. The van der Waals surface area contributed by atoms with Gasteiger partial charge in [-0.25, -0.2) is 4.39 Å². The molecule has 7 nitrogen and oxygen atoms in total. The van der Waals surface area contributed by atoms with E-state index in [2.05, 4.69) is 4.98 Å². The third kappa shape index (κ3) is 3.71. The van der Waals surface area contributed by atoms with Crippen LogP contribution in [-0.4, -0.2) is 29.1 Å². The molecule has 2 heterocycles. The maximum Gasteiger partial charge on any atom is 0.306 e. The van der Waals surface area contributed by atoms with Crippen LogP contribution in [0.5, 0.6) is 5.75 Å². The Labute approximate surface area is 143 Å². The number of ether oxygens (including phenoxy) is 1. The summed E-state index contributed by atoms with van der Waals surface area (Å²) in [5.74, 6) is -1.15. The number of aromatic nitrogens is 1. The number of hydrogen-bond acceptors (Lipinski definition) is 6. The molecule has 8 heteroatoms. The summed E-state index contributed by atoms with van der Waals surface area (Å²) in [6.07, 6.45) is 0.948. The van der Waals surface area contributed by atoms with Crippen LogP contribution in [0.1, 0.15) is 24.4 Å². The molecule has 2 aromatic rings. The average molecular weight is 345 g/mol. The van der Waals surface area contributed by atoms with Crippen LogP contribution >= 0.6 is 0 Å². The molecule has 3 rings (SSSR count). The van der Waals surface area contributed by atoms with Gasteiger partial charge in [-0.15, -0.1) is 0 Å². The Morgan fingerprint density at radius 3 is 2.80 bits per heavy atom. The summed E-state index contributed by atoms with van der Waals surface area (Å²) in [4.78, 5) is 16.9. The number of halogens is 1. The van der Waals surface area contributed by atoms with Gasteiger partial charge in [0.15, 0.2) is 18.2 Å². The maximum absolute atomic E-state index is 13.6. The van der Waals surface area contributed by atoms with E-state index in [4.69, 9.17) is 14.3 Å². The minimum absolute atomic E-state index is 0.0723. The molecule has 0 bridgehead atoms. The fraction of sp³-hybridized carbons (Fsp3) is 0.353. The second-order valence-electron chi connectivity index (χ2n) is 5.69. The van der Waals surface area contributed by atoms with Gasteiger partial charge in [0.25, 0.3) is 0 Å². The van der Waals surface area contributed by atoms with E-state index in [9.17, 15) is 14.4 Å². The Bertz CT molecular complexity index is 806. The van der Waals surface area contributed by atoms with Crippen molar-refractivity contribution in [1.29, 1.82) is 5.26 Å². The van der Waals surface area contributed by atoms with E-state index in [0.717, 1.165) is 0 Å². The normalized spacial score (nSPS) is 15.0. The quantitative estimate of drug-likeness (QED) is 0.889. The van der Waals surface area contributed by atoms with Crippen molar-refractivity contribution >= 4 is 11.9 Å². The van der Waals surface area contributed by atoms with Gasteiger partial charge in [0.1, 0.15) is 6.07 Å². The molecular weight excluding hydrogens is 329 g/mol. The zero-order valence-corrected chi connectivity index (χ0v) is 13.3. The summed E-state index contributed by atoms with van der Waals surface area (Å²) in [5, 5.41) is 18.3. The fourth-order valence-electron chi connectivity index (χ4n) is 2.73. The van der Waals surface area contributed by atoms with Gasteiger partial charge in [-0.05, 0) is 25.0 Å². The first-order chi connectivity index (χ1) is 12.1. The van der Waals surface area contributed by atoms with Gasteiger partial charge >= 0.3 is 5.97 Å². The number of para-hydroxylation sites is 1. The number of nitrogens with zero attached hydrogens (tertiary/aromatic N) is 3. The fourth-order valence-corrected chi connectivity index (χ4v) is 2.73. The number of oxazole rings is 1. The predicted octanol–water partition coefficient (Wildman–Crippen LogP) is 2.57. The van der Waals surface area contributed by atoms with Gasteiger partial charge in [-0.1, -0.05) is 12.1 Å². The molecular formula is C17H16FN3O4. The first kappa shape index (κ1) is 16.8. The Kier molecular flexibility index (Phi) is 4.84. The van der Waals surface area contributed by atoms with Crippen molar-refractivity contribution in [2.75, 3.05) is 18.0 Å². The third-order valence-electron chi connectivity index (χ3n) is 4.08. The van der Waals surface area contributed by atoms with Crippen LogP contribution in [-0.2, 0) is 11.4 Å². The standard InChI is InChI=1S/C17H16FN3O4/c18-12-3-1-2-4-14(12)24-10-15-20-13(9-19)16(25-15)21-7-5-11(6-8-21)17(22)23/h1-4,11H,5-8,10H2,(H,22,23). The lowest BCUT2D eigenvalue weighted by atomic mass is 9.97. The molecule has 1 aromatic carbocycles. The number of hydrogen-bond donors (Lipinski definition) is 1. The molecule has 1 aliphatic heterocycles. The average Bonchev–Trinajstić information content (AvgIpc) is 3.04. The zero-order chi connectivity index (χ0) is 17.8. The van der Waals surface area contributed by atoms with Gasteiger partial charge in [-0.2, -0.15) is 10.2 Å². The van der Waals surface area contributed by atoms with Crippen molar-refractivity contribution in [2.24, 2.45) is 5.92 Å². The van der Waals surface area contributed by atoms with E-state index in [1.54, 1.807) is 17.0 Å². The highest BCUT2D eigenvalue weighted by atomic mass is 19.1. The number of piperidine rings is 1. The molecule has 0 amide bonds. The maximum atomic E-state index is 13.6. The predicted molar refractivity (Wildman–Crippen MR) is 84.5 cm³/mol. The van der Waals surface area contributed by atoms with Gasteiger partial charge in [-0.3, -0.25) is 4.79 Å². The summed E-state index contributed by atoms with van der Waals surface area (Å²) in [5.41, 5.74) is 0.112. The lowest BCUT2D eigenvalue weighted by Gasteiger charge is -2.29. The van der Waals surface area contributed by atoms with E-state index in [-0.39, 0.29) is 29.9 Å². The second kappa shape index (κ2) is 7.21. The number of anilines is 1. The monoisotopic (exact) mass is 345 g/mol. The highest BCUT2D eigenvalue weighted by Crippen LogP contribution is 2.28. The molecule has 0 radical (unpaired) electrons. The number of rotatable bonds is 5.